The molecular formula is C24H22N2O4. The minimum atomic E-state index is -0.616. The number of fused-ring (bicyclic) bond motifs is 1. The normalized spacial score (nSPS) is 15.1. The smallest absolute Gasteiger partial charge is 0.288 e. The van der Waals surface area contributed by atoms with Gasteiger partial charge in [-0.1, -0.05) is 49.3 Å². The van der Waals surface area contributed by atoms with Crippen LogP contribution in [0.25, 0.3) is 11.0 Å². The summed E-state index contributed by atoms with van der Waals surface area (Å²) in [4.78, 5) is 24.4. The van der Waals surface area contributed by atoms with Gasteiger partial charge < -0.3 is 9.73 Å². The Morgan fingerprint density at radius 2 is 1.70 bits per heavy atom. The number of amides is 2. The maximum absolute atomic E-state index is 12.9. The molecule has 30 heavy (non-hydrogen) atoms. The summed E-state index contributed by atoms with van der Waals surface area (Å²) in [6.07, 6.45) is 4.65. The van der Waals surface area contributed by atoms with Crippen molar-refractivity contribution in [1.82, 2.24) is 10.8 Å². The molecule has 152 valence electrons. The molecule has 0 saturated heterocycles. The van der Waals surface area contributed by atoms with Crippen LogP contribution in [0.5, 0.6) is 0 Å². The number of carbonyl (C=O) groups excluding carboxylic acids is 2. The third kappa shape index (κ3) is 4.22. The lowest BCUT2D eigenvalue weighted by molar-refractivity contribution is 0.0706. The number of furan rings is 1. The first kappa shape index (κ1) is 19.7. The minimum absolute atomic E-state index is 0.266. The van der Waals surface area contributed by atoms with Crippen LogP contribution < -0.4 is 10.8 Å². The molecule has 0 unspecified atom stereocenters. The van der Waals surface area contributed by atoms with Crippen LogP contribution in [0.1, 0.15) is 58.6 Å². The fraction of sp³-hybridized carbons (Fsp3) is 0.250. The molecule has 3 N–H and O–H groups in total. The maximum Gasteiger partial charge on any atom is 0.288 e. The number of hydroxylamine groups is 1. The highest BCUT2D eigenvalue weighted by Crippen LogP contribution is 2.29. The summed E-state index contributed by atoms with van der Waals surface area (Å²) in [5.41, 5.74) is 2.74. The second kappa shape index (κ2) is 8.44. The van der Waals surface area contributed by atoms with Crippen molar-refractivity contribution >= 4 is 22.8 Å². The van der Waals surface area contributed by atoms with Gasteiger partial charge in [0.15, 0.2) is 5.76 Å². The van der Waals surface area contributed by atoms with Crippen LogP contribution in [-0.2, 0) is 0 Å². The number of para-hydroxylation sites is 1. The second-order valence-corrected chi connectivity index (χ2v) is 7.51. The highest BCUT2D eigenvalue weighted by molar-refractivity contribution is 5.96. The molecular weight excluding hydrogens is 380 g/mol. The van der Waals surface area contributed by atoms with Crippen molar-refractivity contribution in [3.8, 4) is 11.8 Å². The Morgan fingerprint density at radius 1 is 0.967 bits per heavy atom. The lowest BCUT2D eigenvalue weighted by Crippen LogP contribution is -2.48. The largest absolute Gasteiger partial charge is 0.451 e. The van der Waals surface area contributed by atoms with E-state index in [0.717, 1.165) is 43.1 Å². The van der Waals surface area contributed by atoms with Gasteiger partial charge in [0.1, 0.15) is 11.1 Å². The predicted molar refractivity (Wildman–Crippen MR) is 112 cm³/mol. The average Bonchev–Trinajstić information content (AvgIpc) is 3.23. The van der Waals surface area contributed by atoms with E-state index in [1.54, 1.807) is 35.8 Å². The van der Waals surface area contributed by atoms with Crippen LogP contribution >= 0.6 is 0 Å². The van der Waals surface area contributed by atoms with Crippen molar-refractivity contribution in [2.24, 2.45) is 0 Å². The summed E-state index contributed by atoms with van der Waals surface area (Å²) in [7, 11) is 0. The highest BCUT2D eigenvalue weighted by atomic mass is 16.5. The monoisotopic (exact) mass is 402 g/mol. The van der Waals surface area contributed by atoms with E-state index >= 15 is 0 Å². The molecule has 0 bridgehead atoms. The minimum Gasteiger partial charge on any atom is -0.451 e. The molecule has 3 aromatic rings. The van der Waals surface area contributed by atoms with E-state index in [1.807, 2.05) is 24.3 Å². The topological polar surface area (TPSA) is 91.6 Å². The molecule has 2 amide bonds. The fourth-order valence-corrected chi connectivity index (χ4v) is 3.77. The summed E-state index contributed by atoms with van der Waals surface area (Å²) in [5, 5.41) is 12.7. The lowest BCUT2D eigenvalue weighted by atomic mass is 9.82. The Morgan fingerprint density at radius 3 is 2.40 bits per heavy atom. The number of benzene rings is 2. The summed E-state index contributed by atoms with van der Waals surface area (Å²) < 4.78 is 5.71. The van der Waals surface area contributed by atoms with Crippen LogP contribution in [0, 0.1) is 11.8 Å². The Labute approximate surface area is 174 Å². The molecule has 0 aliphatic heterocycles. The first-order valence-corrected chi connectivity index (χ1v) is 9.97. The molecule has 6 heteroatoms. The Kier molecular flexibility index (Phi) is 5.55. The van der Waals surface area contributed by atoms with Crippen LogP contribution in [0.15, 0.2) is 59.0 Å². The van der Waals surface area contributed by atoms with Gasteiger partial charge in [-0.05, 0) is 49.2 Å². The zero-order chi connectivity index (χ0) is 21.0. The number of nitrogens with one attached hydrogen (secondary N) is 2. The second-order valence-electron chi connectivity index (χ2n) is 7.51. The van der Waals surface area contributed by atoms with Crippen LogP contribution in [0.3, 0.4) is 0 Å². The van der Waals surface area contributed by atoms with Crippen molar-refractivity contribution in [1.29, 1.82) is 0 Å². The van der Waals surface area contributed by atoms with E-state index in [4.69, 9.17) is 9.62 Å². The average molecular weight is 402 g/mol. The van der Waals surface area contributed by atoms with E-state index < -0.39 is 11.4 Å². The molecule has 1 heterocycles. The number of carbonyl (C=O) groups is 2. The van der Waals surface area contributed by atoms with Crippen molar-refractivity contribution in [2.45, 2.75) is 37.6 Å². The van der Waals surface area contributed by atoms with Gasteiger partial charge in [-0.25, -0.2) is 5.48 Å². The molecule has 1 aromatic heterocycles. The van der Waals surface area contributed by atoms with Gasteiger partial charge in [0.25, 0.3) is 11.8 Å². The molecule has 1 fully saturated rings. The van der Waals surface area contributed by atoms with Crippen LogP contribution in [0.2, 0.25) is 0 Å². The SMILES string of the molecule is O=C(NO)c1ccc(C#CC2(NC(=O)c3cc4ccccc4o3)CCCCC2)cc1. The van der Waals surface area contributed by atoms with Crippen molar-refractivity contribution in [3.05, 3.63) is 71.5 Å². The van der Waals surface area contributed by atoms with Crippen molar-refractivity contribution in [2.75, 3.05) is 0 Å². The molecule has 0 atom stereocenters. The Bertz CT molecular complexity index is 1100. The van der Waals surface area contributed by atoms with E-state index in [-0.39, 0.29) is 11.7 Å². The van der Waals surface area contributed by atoms with E-state index in [9.17, 15) is 9.59 Å². The number of hydrogen-bond acceptors (Lipinski definition) is 4. The van der Waals surface area contributed by atoms with Crippen LogP contribution in [-0.4, -0.2) is 22.6 Å². The van der Waals surface area contributed by atoms with Crippen molar-refractivity contribution in [3.63, 3.8) is 0 Å². The van der Waals surface area contributed by atoms with E-state index in [0.29, 0.717) is 11.1 Å². The van der Waals surface area contributed by atoms with Gasteiger partial charge in [0.05, 0.1) is 0 Å². The summed E-state index contributed by atoms with van der Waals surface area (Å²) >= 11 is 0. The molecule has 4 rings (SSSR count). The zero-order valence-electron chi connectivity index (χ0n) is 16.4. The highest BCUT2D eigenvalue weighted by Gasteiger charge is 2.33. The van der Waals surface area contributed by atoms with Gasteiger partial charge in [-0.3, -0.25) is 14.8 Å². The summed E-state index contributed by atoms with van der Waals surface area (Å²) in [6, 6.07) is 15.9. The maximum atomic E-state index is 12.9. The van der Waals surface area contributed by atoms with Gasteiger partial charge >= 0.3 is 0 Å². The zero-order valence-corrected chi connectivity index (χ0v) is 16.4. The molecule has 1 aliphatic rings. The Balaban J connectivity index is 1.56. The van der Waals surface area contributed by atoms with Gasteiger partial charge in [0, 0.05) is 16.5 Å². The van der Waals surface area contributed by atoms with E-state index in [1.165, 1.54) is 0 Å². The third-order valence-electron chi connectivity index (χ3n) is 5.40. The summed E-state index contributed by atoms with van der Waals surface area (Å²) in [6.45, 7) is 0. The lowest BCUT2D eigenvalue weighted by Gasteiger charge is -2.33. The first-order valence-electron chi connectivity index (χ1n) is 9.97. The summed E-state index contributed by atoms with van der Waals surface area (Å²) in [5.74, 6) is 5.85. The standard InChI is InChI=1S/C24H22N2O4/c27-22(26-29)18-10-8-17(9-11-18)12-15-24(13-4-1-5-14-24)25-23(28)21-16-19-6-2-3-7-20(19)30-21/h2-3,6-11,16,29H,1,4-5,13-14H2,(H,25,28)(H,26,27). The number of hydrogen-bond donors (Lipinski definition) is 3. The first-order chi connectivity index (χ1) is 14.6. The molecule has 0 radical (unpaired) electrons. The molecule has 6 nitrogen and oxygen atoms in total. The van der Waals surface area contributed by atoms with E-state index in [2.05, 4.69) is 17.2 Å². The van der Waals surface area contributed by atoms with Gasteiger partial charge in [0.2, 0.25) is 0 Å². The molecule has 1 saturated carbocycles. The van der Waals surface area contributed by atoms with Crippen LogP contribution in [0.4, 0.5) is 0 Å². The predicted octanol–water partition coefficient (Wildman–Crippen LogP) is 4.04. The van der Waals surface area contributed by atoms with Gasteiger partial charge in [-0.15, -0.1) is 0 Å². The fourth-order valence-electron chi connectivity index (χ4n) is 3.77. The molecule has 1 aliphatic carbocycles. The van der Waals surface area contributed by atoms with Crippen molar-refractivity contribution < 1.29 is 19.2 Å². The number of rotatable bonds is 3. The third-order valence-corrected chi connectivity index (χ3v) is 5.40. The Hall–Kier alpha value is -3.56. The van der Waals surface area contributed by atoms with Gasteiger partial charge in [-0.2, -0.15) is 0 Å². The molecule has 2 aromatic carbocycles. The molecule has 0 spiro atoms. The quantitative estimate of drug-likeness (QED) is 0.350.